The van der Waals surface area contributed by atoms with Crippen LogP contribution in [0.5, 0.6) is 0 Å². The van der Waals surface area contributed by atoms with Crippen molar-refractivity contribution in [1.82, 2.24) is 20.0 Å². The molecule has 0 amide bonds. The summed E-state index contributed by atoms with van der Waals surface area (Å²) in [6, 6.07) is 3.18. The number of nitrogens with one attached hydrogen (secondary N) is 1. The Hall–Kier alpha value is -0.870. The minimum Gasteiger partial charge on any atom is -0.316 e. The van der Waals surface area contributed by atoms with Gasteiger partial charge in [0.05, 0.1) is 5.69 Å². The summed E-state index contributed by atoms with van der Waals surface area (Å²) >= 11 is 0. The molecule has 0 saturated carbocycles. The molecule has 0 spiro atoms. The number of aromatic nitrogens is 2. The lowest BCUT2D eigenvalue weighted by atomic mass is 9.98. The maximum Gasteiger partial charge on any atom is 0.0764 e. The molecule has 1 aliphatic heterocycles. The molecule has 1 N–H and O–H groups in total. The third kappa shape index (κ3) is 4.32. The summed E-state index contributed by atoms with van der Waals surface area (Å²) in [5.41, 5.74) is 1.19. The van der Waals surface area contributed by atoms with Crippen molar-refractivity contribution in [1.29, 1.82) is 0 Å². The van der Waals surface area contributed by atoms with Crippen LogP contribution in [0.3, 0.4) is 0 Å². The van der Waals surface area contributed by atoms with E-state index in [0.29, 0.717) is 12.1 Å². The minimum atomic E-state index is 0.443. The predicted octanol–water partition coefficient (Wildman–Crippen LogP) is 2.67. The number of piperidine rings is 1. The molecule has 1 aromatic heterocycles. The second-order valence-corrected chi connectivity index (χ2v) is 6.62. The third-order valence-electron chi connectivity index (χ3n) is 4.18. The highest BCUT2D eigenvalue weighted by Gasteiger charge is 2.19. The summed E-state index contributed by atoms with van der Waals surface area (Å²) in [5.74, 6) is 0.790. The van der Waals surface area contributed by atoms with Gasteiger partial charge in [-0.2, -0.15) is 5.10 Å². The molecule has 1 fully saturated rings. The number of hydrogen-bond donors (Lipinski definition) is 1. The molecule has 1 unspecified atom stereocenters. The van der Waals surface area contributed by atoms with Crippen LogP contribution in [-0.2, 0) is 6.54 Å². The van der Waals surface area contributed by atoms with E-state index >= 15 is 0 Å². The van der Waals surface area contributed by atoms with Crippen molar-refractivity contribution in [2.75, 3.05) is 19.6 Å². The third-order valence-corrected chi connectivity index (χ3v) is 4.18. The fraction of sp³-hybridized carbons (Fsp3) is 0.812. The molecule has 4 nitrogen and oxygen atoms in total. The summed E-state index contributed by atoms with van der Waals surface area (Å²) < 4.78 is 2.05. The van der Waals surface area contributed by atoms with E-state index in [2.05, 4.69) is 60.0 Å². The van der Waals surface area contributed by atoms with Crippen LogP contribution in [-0.4, -0.2) is 40.4 Å². The molecule has 0 radical (unpaired) electrons. The molecule has 2 heterocycles. The molecule has 1 atom stereocenters. The Kier molecular flexibility index (Phi) is 5.61. The zero-order chi connectivity index (χ0) is 14.5. The minimum absolute atomic E-state index is 0.443. The van der Waals surface area contributed by atoms with Crippen LogP contribution in [0.15, 0.2) is 12.3 Å². The lowest BCUT2D eigenvalue weighted by molar-refractivity contribution is 0.161. The van der Waals surface area contributed by atoms with Gasteiger partial charge in [0.1, 0.15) is 0 Å². The molecular formula is C16H30N4. The van der Waals surface area contributed by atoms with E-state index in [-0.39, 0.29) is 0 Å². The van der Waals surface area contributed by atoms with Gasteiger partial charge in [-0.1, -0.05) is 0 Å². The van der Waals surface area contributed by atoms with E-state index in [1.807, 2.05) is 0 Å². The summed E-state index contributed by atoms with van der Waals surface area (Å²) in [5, 5.41) is 8.20. The number of rotatable bonds is 6. The first-order valence-electron chi connectivity index (χ1n) is 8.05. The Morgan fingerprint density at radius 2 is 2.20 bits per heavy atom. The Bertz CT molecular complexity index is 391. The summed E-state index contributed by atoms with van der Waals surface area (Å²) in [6.07, 6.45) is 4.77. The average molecular weight is 278 g/mol. The fourth-order valence-electron chi connectivity index (χ4n) is 2.83. The molecule has 0 aliphatic carbocycles. The zero-order valence-corrected chi connectivity index (χ0v) is 13.5. The Labute approximate surface area is 123 Å². The van der Waals surface area contributed by atoms with Crippen LogP contribution in [0.2, 0.25) is 0 Å². The van der Waals surface area contributed by atoms with Gasteiger partial charge in [0.25, 0.3) is 0 Å². The summed E-state index contributed by atoms with van der Waals surface area (Å²) in [4.78, 5) is 2.56. The van der Waals surface area contributed by atoms with E-state index < -0.39 is 0 Å². The Morgan fingerprint density at radius 1 is 1.40 bits per heavy atom. The second kappa shape index (κ2) is 7.23. The maximum absolute atomic E-state index is 4.68. The maximum atomic E-state index is 4.68. The normalized spacial score (nSPS) is 20.2. The molecule has 4 heteroatoms. The van der Waals surface area contributed by atoms with Crippen molar-refractivity contribution in [3.05, 3.63) is 18.0 Å². The molecule has 114 valence electrons. The van der Waals surface area contributed by atoms with Crippen LogP contribution in [0, 0.1) is 5.92 Å². The second-order valence-electron chi connectivity index (χ2n) is 6.62. The van der Waals surface area contributed by atoms with Crippen molar-refractivity contribution >= 4 is 0 Å². The summed E-state index contributed by atoms with van der Waals surface area (Å²) in [7, 11) is 0. The van der Waals surface area contributed by atoms with E-state index in [0.717, 1.165) is 12.5 Å². The molecular weight excluding hydrogens is 248 g/mol. The molecule has 2 rings (SSSR count). The highest BCUT2D eigenvalue weighted by atomic mass is 15.3. The van der Waals surface area contributed by atoms with E-state index in [1.165, 1.54) is 38.2 Å². The van der Waals surface area contributed by atoms with Gasteiger partial charge >= 0.3 is 0 Å². The van der Waals surface area contributed by atoms with Crippen molar-refractivity contribution < 1.29 is 0 Å². The largest absolute Gasteiger partial charge is 0.316 e. The van der Waals surface area contributed by atoms with E-state index in [1.54, 1.807) is 0 Å². The van der Waals surface area contributed by atoms with Crippen LogP contribution >= 0.6 is 0 Å². The molecule has 1 saturated heterocycles. The van der Waals surface area contributed by atoms with Crippen LogP contribution in [0.4, 0.5) is 0 Å². The van der Waals surface area contributed by atoms with Gasteiger partial charge in [-0.15, -0.1) is 0 Å². The van der Waals surface area contributed by atoms with E-state index in [4.69, 9.17) is 0 Å². The molecule has 0 bridgehead atoms. The van der Waals surface area contributed by atoms with Crippen LogP contribution in [0.25, 0.3) is 0 Å². The van der Waals surface area contributed by atoms with Crippen molar-refractivity contribution in [2.45, 2.75) is 59.2 Å². The van der Waals surface area contributed by atoms with Crippen LogP contribution in [0.1, 0.15) is 52.3 Å². The van der Waals surface area contributed by atoms with Gasteiger partial charge in [0.2, 0.25) is 0 Å². The average Bonchev–Trinajstić information content (AvgIpc) is 2.88. The highest BCUT2D eigenvalue weighted by Crippen LogP contribution is 2.16. The highest BCUT2D eigenvalue weighted by molar-refractivity contribution is 5.00. The van der Waals surface area contributed by atoms with Crippen molar-refractivity contribution in [3.8, 4) is 0 Å². The lowest BCUT2D eigenvalue weighted by Gasteiger charge is -2.32. The standard InChI is InChI=1S/C16H30N4/c1-13(2)19(11-15-6-5-8-17-10-15)12-16-7-9-20(18-16)14(3)4/h7,9,13-15,17H,5-6,8,10-12H2,1-4H3. The zero-order valence-electron chi connectivity index (χ0n) is 13.5. The molecule has 0 aromatic carbocycles. The van der Waals surface area contributed by atoms with Gasteiger partial charge in [-0.25, -0.2) is 0 Å². The predicted molar refractivity (Wildman–Crippen MR) is 83.8 cm³/mol. The van der Waals surface area contributed by atoms with E-state index in [9.17, 15) is 0 Å². The molecule has 20 heavy (non-hydrogen) atoms. The monoisotopic (exact) mass is 278 g/mol. The molecule has 1 aliphatic rings. The summed E-state index contributed by atoms with van der Waals surface area (Å²) in [6.45, 7) is 13.4. The quantitative estimate of drug-likeness (QED) is 0.868. The van der Waals surface area contributed by atoms with Gasteiger partial charge in [0.15, 0.2) is 0 Å². The first kappa shape index (κ1) is 15.5. The topological polar surface area (TPSA) is 33.1 Å². The molecule has 1 aromatic rings. The number of nitrogens with zero attached hydrogens (tertiary/aromatic N) is 3. The van der Waals surface area contributed by atoms with Gasteiger partial charge in [-0.3, -0.25) is 9.58 Å². The van der Waals surface area contributed by atoms with Crippen LogP contribution < -0.4 is 5.32 Å². The first-order valence-corrected chi connectivity index (χ1v) is 8.05. The SMILES string of the molecule is CC(C)N(Cc1ccn(C(C)C)n1)CC1CCCNC1. The first-order chi connectivity index (χ1) is 9.56. The van der Waals surface area contributed by atoms with Gasteiger partial charge < -0.3 is 5.32 Å². The lowest BCUT2D eigenvalue weighted by Crippen LogP contribution is -2.40. The van der Waals surface area contributed by atoms with Gasteiger partial charge in [0, 0.05) is 31.4 Å². The number of hydrogen-bond acceptors (Lipinski definition) is 3. The Morgan fingerprint density at radius 3 is 2.75 bits per heavy atom. The van der Waals surface area contributed by atoms with Gasteiger partial charge in [-0.05, 0) is 65.6 Å². The van der Waals surface area contributed by atoms with Crippen molar-refractivity contribution in [3.63, 3.8) is 0 Å². The fourth-order valence-corrected chi connectivity index (χ4v) is 2.83. The Balaban J connectivity index is 1.93. The van der Waals surface area contributed by atoms with Crippen molar-refractivity contribution in [2.24, 2.45) is 5.92 Å². The smallest absolute Gasteiger partial charge is 0.0764 e.